The number of nitro groups is 1. The molecular weight excluding hydrogens is 407 g/mol. The molecule has 8 nitrogen and oxygen atoms in total. The molecule has 1 atom stereocenters. The SMILES string of the molecule is Cl.O=C(CCOc1ccc(Cl)cc1[N+](=O)[O-])N1CCNCC1c1cccnc1. The first-order valence-electron chi connectivity index (χ1n) is 8.53. The summed E-state index contributed by atoms with van der Waals surface area (Å²) in [5.74, 6) is 0.0308. The summed E-state index contributed by atoms with van der Waals surface area (Å²) in [4.78, 5) is 29.1. The molecule has 1 aliphatic rings. The Balaban J connectivity index is 0.00000280. The molecule has 0 spiro atoms. The van der Waals surface area contributed by atoms with E-state index in [1.807, 2.05) is 12.1 Å². The van der Waals surface area contributed by atoms with Gasteiger partial charge in [-0.3, -0.25) is 19.9 Å². The highest BCUT2D eigenvalue weighted by atomic mass is 35.5. The topological polar surface area (TPSA) is 97.6 Å². The maximum absolute atomic E-state index is 12.7. The van der Waals surface area contributed by atoms with Gasteiger partial charge in [0.25, 0.3) is 0 Å². The molecule has 28 heavy (non-hydrogen) atoms. The molecule has 1 fully saturated rings. The van der Waals surface area contributed by atoms with Crippen molar-refractivity contribution in [3.63, 3.8) is 0 Å². The summed E-state index contributed by atoms with van der Waals surface area (Å²) in [6.45, 7) is 2.00. The Bertz CT molecular complexity index is 822. The fraction of sp³-hybridized carbons (Fsp3) is 0.333. The average molecular weight is 427 g/mol. The van der Waals surface area contributed by atoms with E-state index >= 15 is 0 Å². The van der Waals surface area contributed by atoms with Gasteiger partial charge in [0.1, 0.15) is 0 Å². The fourth-order valence-corrected chi connectivity index (χ4v) is 3.19. The summed E-state index contributed by atoms with van der Waals surface area (Å²) in [5, 5.41) is 14.6. The Morgan fingerprint density at radius 1 is 1.43 bits per heavy atom. The van der Waals surface area contributed by atoms with Crippen LogP contribution in [-0.2, 0) is 4.79 Å². The molecule has 2 heterocycles. The quantitative estimate of drug-likeness (QED) is 0.562. The number of hydrogen-bond donors (Lipinski definition) is 1. The third-order valence-corrected chi connectivity index (χ3v) is 4.56. The summed E-state index contributed by atoms with van der Waals surface area (Å²) in [6, 6.07) is 7.88. The Morgan fingerprint density at radius 3 is 2.96 bits per heavy atom. The Morgan fingerprint density at radius 2 is 2.25 bits per heavy atom. The van der Waals surface area contributed by atoms with Gasteiger partial charge < -0.3 is 15.0 Å². The van der Waals surface area contributed by atoms with E-state index in [1.165, 1.54) is 18.2 Å². The number of piperazine rings is 1. The number of nitrogens with one attached hydrogen (secondary N) is 1. The Labute approximate surface area is 173 Å². The number of hydrogen-bond acceptors (Lipinski definition) is 6. The van der Waals surface area contributed by atoms with Gasteiger partial charge in [0, 0.05) is 43.1 Å². The zero-order valence-electron chi connectivity index (χ0n) is 14.9. The van der Waals surface area contributed by atoms with Gasteiger partial charge >= 0.3 is 5.69 Å². The van der Waals surface area contributed by atoms with Crippen molar-refractivity contribution < 1.29 is 14.5 Å². The minimum Gasteiger partial charge on any atom is -0.486 e. The lowest BCUT2D eigenvalue weighted by Crippen LogP contribution is -2.49. The van der Waals surface area contributed by atoms with E-state index in [2.05, 4.69) is 10.3 Å². The second kappa shape index (κ2) is 10.2. The molecule has 0 saturated carbocycles. The predicted octanol–water partition coefficient (Wildman–Crippen LogP) is 3.01. The molecule has 1 unspecified atom stereocenters. The normalized spacial score (nSPS) is 16.2. The van der Waals surface area contributed by atoms with E-state index in [0.717, 1.165) is 5.56 Å². The van der Waals surface area contributed by atoms with Gasteiger partial charge in [-0.05, 0) is 23.8 Å². The first-order chi connectivity index (χ1) is 13.1. The molecule has 0 aliphatic carbocycles. The Hall–Kier alpha value is -2.42. The van der Waals surface area contributed by atoms with E-state index in [0.29, 0.717) is 19.6 Å². The molecule has 150 valence electrons. The summed E-state index contributed by atoms with van der Waals surface area (Å²) in [7, 11) is 0. The van der Waals surface area contributed by atoms with E-state index in [4.69, 9.17) is 16.3 Å². The van der Waals surface area contributed by atoms with Crippen LogP contribution in [0.1, 0.15) is 18.0 Å². The molecular formula is C18H20Cl2N4O4. The summed E-state index contributed by atoms with van der Waals surface area (Å²) in [5.41, 5.74) is 0.748. The minimum atomic E-state index is -0.558. The van der Waals surface area contributed by atoms with Crippen molar-refractivity contribution >= 4 is 35.6 Å². The van der Waals surface area contributed by atoms with Gasteiger partial charge in [0.2, 0.25) is 5.91 Å². The van der Waals surface area contributed by atoms with Crippen LogP contribution in [-0.4, -0.2) is 47.0 Å². The number of benzene rings is 1. The van der Waals surface area contributed by atoms with Gasteiger partial charge in [-0.1, -0.05) is 17.7 Å². The van der Waals surface area contributed by atoms with Crippen LogP contribution in [0.3, 0.4) is 0 Å². The molecule has 0 bridgehead atoms. The number of nitro benzene ring substituents is 1. The summed E-state index contributed by atoms with van der Waals surface area (Å²) >= 11 is 5.79. The van der Waals surface area contributed by atoms with Crippen molar-refractivity contribution in [2.45, 2.75) is 12.5 Å². The smallest absolute Gasteiger partial charge is 0.312 e. The van der Waals surface area contributed by atoms with Crippen LogP contribution >= 0.6 is 24.0 Å². The predicted molar refractivity (Wildman–Crippen MR) is 107 cm³/mol. The summed E-state index contributed by atoms with van der Waals surface area (Å²) in [6.07, 6.45) is 3.57. The standard InChI is InChI=1S/C18H19ClN4O4.ClH/c19-14-3-4-17(15(10-14)23(25)26)27-9-5-18(24)22-8-7-21-12-16(22)13-2-1-6-20-11-13;/h1-4,6,10-11,16,21H,5,7-9,12H2;1H. The van der Waals surface area contributed by atoms with E-state index in [1.54, 1.807) is 17.3 Å². The maximum Gasteiger partial charge on any atom is 0.312 e. The number of ether oxygens (including phenoxy) is 1. The number of pyridine rings is 1. The van der Waals surface area contributed by atoms with Gasteiger partial charge in [-0.25, -0.2) is 0 Å². The second-order valence-electron chi connectivity index (χ2n) is 6.06. The fourth-order valence-electron chi connectivity index (χ4n) is 3.02. The van der Waals surface area contributed by atoms with Crippen LogP contribution in [0.15, 0.2) is 42.7 Å². The van der Waals surface area contributed by atoms with Gasteiger partial charge in [-0.15, -0.1) is 12.4 Å². The highest BCUT2D eigenvalue weighted by Crippen LogP contribution is 2.30. The van der Waals surface area contributed by atoms with Crippen LogP contribution in [0.4, 0.5) is 5.69 Å². The van der Waals surface area contributed by atoms with Crippen molar-refractivity contribution in [2.24, 2.45) is 0 Å². The van der Waals surface area contributed by atoms with Crippen LogP contribution < -0.4 is 10.1 Å². The lowest BCUT2D eigenvalue weighted by atomic mass is 10.0. The van der Waals surface area contributed by atoms with E-state index in [-0.39, 0.29) is 53.8 Å². The van der Waals surface area contributed by atoms with Crippen LogP contribution in [0, 0.1) is 10.1 Å². The molecule has 10 heteroatoms. The monoisotopic (exact) mass is 426 g/mol. The zero-order chi connectivity index (χ0) is 19.2. The van der Waals surface area contributed by atoms with Crippen molar-refractivity contribution in [1.82, 2.24) is 15.2 Å². The molecule has 1 aliphatic heterocycles. The molecule has 3 rings (SSSR count). The van der Waals surface area contributed by atoms with Crippen molar-refractivity contribution in [1.29, 1.82) is 0 Å². The van der Waals surface area contributed by atoms with Crippen LogP contribution in [0.5, 0.6) is 5.75 Å². The second-order valence-corrected chi connectivity index (χ2v) is 6.50. The lowest BCUT2D eigenvalue weighted by Gasteiger charge is -2.36. The number of carbonyl (C=O) groups is 1. The third kappa shape index (κ3) is 5.31. The van der Waals surface area contributed by atoms with Crippen molar-refractivity contribution in [2.75, 3.05) is 26.2 Å². The van der Waals surface area contributed by atoms with E-state index < -0.39 is 4.92 Å². The zero-order valence-corrected chi connectivity index (χ0v) is 16.5. The number of amides is 1. The van der Waals surface area contributed by atoms with E-state index in [9.17, 15) is 14.9 Å². The molecule has 1 saturated heterocycles. The third-order valence-electron chi connectivity index (χ3n) is 4.32. The van der Waals surface area contributed by atoms with Crippen LogP contribution in [0.2, 0.25) is 5.02 Å². The highest BCUT2D eigenvalue weighted by molar-refractivity contribution is 6.30. The van der Waals surface area contributed by atoms with Gasteiger partial charge in [0.15, 0.2) is 5.75 Å². The summed E-state index contributed by atoms with van der Waals surface area (Å²) < 4.78 is 5.48. The number of nitrogens with zero attached hydrogens (tertiary/aromatic N) is 3. The Kier molecular flexibility index (Phi) is 7.98. The molecule has 1 aromatic carbocycles. The molecule has 2 aromatic rings. The first kappa shape index (κ1) is 21.9. The van der Waals surface area contributed by atoms with Gasteiger partial charge in [-0.2, -0.15) is 0 Å². The first-order valence-corrected chi connectivity index (χ1v) is 8.91. The average Bonchev–Trinajstić information content (AvgIpc) is 2.69. The molecule has 0 radical (unpaired) electrons. The maximum atomic E-state index is 12.7. The van der Waals surface area contributed by atoms with Crippen molar-refractivity contribution in [3.05, 3.63) is 63.4 Å². The number of halogens is 2. The molecule has 1 aromatic heterocycles. The number of rotatable bonds is 6. The molecule has 1 amide bonds. The lowest BCUT2D eigenvalue weighted by molar-refractivity contribution is -0.385. The van der Waals surface area contributed by atoms with Crippen LogP contribution in [0.25, 0.3) is 0 Å². The number of aromatic nitrogens is 1. The molecule has 1 N–H and O–H groups in total. The minimum absolute atomic E-state index is 0. The van der Waals surface area contributed by atoms with Gasteiger partial charge in [0.05, 0.1) is 24.0 Å². The highest BCUT2D eigenvalue weighted by Gasteiger charge is 2.28. The van der Waals surface area contributed by atoms with Crippen molar-refractivity contribution in [3.8, 4) is 5.75 Å². The largest absolute Gasteiger partial charge is 0.486 e. The number of carbonyl (C=O) groups excluding carboxylic acids is 1.